The van der Waals surface area contributed by atoms with E-state index in [1.54, 1.807) is 7.11 Å². The molecule has 1 aromatic carbocycles. The Morgan fingerprint density at radius 3 is 2.53 bits per heavy atom. The molecule has 3 aromatic rings. The highest BCUT2D eigenvalue weighted by Crippen LogP contribution is 2.31. The lowest BCUT2D eigenvalue weighted by Gasteiger charge is -2.24. The van der Waals surface area contributed by atoms with Crippen LogP contribution in [0.25, 0.3) is 11.1 Å². The van der Waals surface area contributed by atoms with Gasteiger partial charge in [-0.2, -0.15) is 5.26 Å². The van der Waals surface area contributed by atoms with E-state index in [1.165, 1.54) is 25.2 Å². The van der Waals surface area contributed by atoms with Crippen molar-refractivity contribution >= 4 is 17.3 Å². The van der Waals surface area contributed by atoms with Crippen LogP contribution in [0, 0.1) is 17.2 Å². The van der Waals surface area contributed by atoms with Gasteiger partial charge in [0, 0.05) is 37.2 Å². The van der Waals surface area contributed by atoms with Crippen LogP contribution in [0.15, 0.2) is 48.9 Å². The standard InChI is InChI=1S/C24H27N7O/c1-32-16-18-2-4-19(5-3-18)21-14-30-23(31-24-15-27-20(11-25)13-29-24)10-22(21)28-12-17-6-8-26-9-7-17/h2-5,10,13-15,17,26H,6-9,12,16H2,1H3,(H2,28,29,30,31). The number of methoxy groups -OCH3 is 1. The van der Waals surface area contributed by atoms with Crippen LogP contribution in [0.2, 0.25) is 0 Å². The first-order valence-corrected chi connectivity index (χ1v) is 10.8. The number of nitriles is 1. The van der Waals surface area contributed by atoms with Gasteiger partial charge in [0.2, 0.25) is 0 Å². The highest BCUT2D eigenvalue weighted by atomic mass is 16.5. The number of nitrogens with zero attached hydrogens (tertiary/aromatic N) is 4. The molecule has 0 atom stereocenters. The van der Waals surface area contributed by atoms with Crippen molar-refractivity contribution in [3.8, 4) is 17.2 Å². The van der Waals surface area contributed by atoms with Crippen molar-refractivity contribution < 1.29 is 4.74 Å². The van der Waals surface area contributed by atoms with Crippen LogP contribution in [0.3, 0.4) is 0 Å². The largest absolute Gasteiger partial charge is 0.384 e. The Labute approximate surface area is 188 Å². The molecule has 1 aliphatic heterocycles. The number of rotatable bonds is 8. The molecule has 0 aliphatic carbocycles. The topological polar surface area (TPSA) is 108 Å². The zero-order chi connectivity index (χ0) is 22.2. The lowest BCUT2D eigenvalue weighted by atomic mass is 9.97. The van der Waals surface area contributed by atoms with E-state index in [9.17, 15) is 0 Å². The average Bonchev–Trinajstić information content (AvgIpc) is 2.85. The number of nitrogens with one attached hydrogen (secondary N) is 3. The summed E-state index contributed by atoms with van der Waals surface area (Å²) in [7, 11) is 1.70. The van der Waals surface area contributed by atoms with Crippen molar-refractivity contribution in [2.45, 2.75) is 19.4 Å². The smallest absolute Gasteiger partial charge is 0.158 e. The van der Waals surface area contributed by atoms with Crippen LogP contribution in [-0.4, -0.2) is 41.7 Å². The number of hydrogen-bond donors (Lipinski definition) is 3. The highest BCUT2D eigenvalue weighted by molar-refractivity contribution is 5.79. The van der Waals surface area contributed by atoms with E-state index < -0.39 is 0 Å². The third-order valence-electron chi connectivity index (χ3n) is 5.54. The maximum absolute atomic E-state index is 8.90. The second-order valence-electron chi connectivity index (χ2n) is 7.84. The van der Waals surface area contributed by atoms with E-state index in [0.29, 0.717) is 24.2 Å². The molecular weight excluding hydrogens is 402 g/mol. The first-order chi connectivity index (χ1) is 15.7. The molecule has 164 valence electrons. The fourth-order valence-electron chi connectivity index (χ4n) is 3.77. The Morgan fingerprint density at radius 1 is 1.06 bits per heavy atom. The van der Waals surface area contributed by atoms with E-state index in [0.717, 1.165) is 42.0 Å². The number of pyridine rings is 1. The minimum absolute atomic E-state index is 0.278. The molecule has 2 aromatic heterocycles. The summed E-state index contributed by atoms with van der Waals surface area (Å²) in [6, 6.07) is 12.3. The fraction of sp³-hybridized carbons (Fsp3) is 0.333. The zero-order valence-electron chi connectivity index (χ0n) is 18.1. The fourth-order valence-corrected chi connectivity index (χ4v) is 3.77. The summed E-state index contributed by atoms with van der Waals surface area (Å²) >= 11 is 0. The number of hydrogen-bond acceptors (Lipinski definition) is 8. The third kappa shape index (κ3) is 5.58. The summed E-state index contributed by atoms with van der Waals surface area (Å²) in [5.41, 5.74) is 4.56. The van der Waals surface area contributed by atoms with Crippen molar-refractivity contribution in [2.75, 3.05) is 37.4 Å². The van der Waals surface area contributed by atoms with E-state index in [4.69, 9.17) is 10.00 Å². The molecule has 0 amide bonds. The molecule has 3 heterocycles. The van der Waals surface area contributed by atoms with Crippen LogP contribution in [-0.2, 0) is 11.3 Å². The molecule has 3 N–H and O–H groups in total. The van der Waals surface area contributed by atoms with E-state index in [2.05, 4.69) is 55.2 Å². The third-order valence-corrected chi connectivity index (χ3v) is 5.54. The Balaban J connectivity index is 1.57. The predicted molar refractivity (Wildman–Crippen MR) is 124 cm³/mol. The van der Waals surface area contributed by atoms with Crippen LogP contribution >= 0.6 is 0 Å². The molecule has 0 bridgehead atoms. The summed E-state index contributed by atoms with van der Waals surface area (Å²) in [5, 5.41) is 19.2. The average molecular weight is 430 g/mol. The van der Waals surface area contributed by atoms with Crippen molar-refractivity contribution in [1.82, 2.24) is 20.3 Å². The summed E-state index contributed by atoms with van der Waals surface area (Å²) in [6.45, 7) is 3.64. The van der Waals surface area contributed by atoms with Crippen LogP contribution < -0.4 is 16.0 Å². The molecule has 1 fully saturated rings. The van der Waals surface area contributed by atoms with Crippen molar-refractivity contribution in [2.24, 2.45) is 5.92 Å². The molecule has 8 heteroatoms. The van der Waals surface area contributed by atoms with Crippen molar-refractivity contribution in [3.05, 3.63) is 60.2 Å². The second-order valence-corrected chi connectivity index (χ2v) is 7.84. The summed E-state index contributed by atoms with van der Waals surface area (Å²) in [5.74, 6) is 1.84. The van der Waals surface area contributed by atoms with Gasteiger partial charge in [0.1, 0.15) is 17.7 Å². The van der Waals surface area contributed by atoms with Gasteiger partial charge in [0.15, 0.2) is 5.69 Å². The molecule has 1 saturated heterocycles. The van der Waals surface area contributed by atoms with E-state index in [-0.39, 0.29) is 5.69 Å². The Bertz CT molecular complexity index is 1060. The van der Waals surface area contributed by atoms with Gasteiger partial charge in [-0.3, -0.25) is 0 Å². The molecule has 8 nitrogen and oxygen atoms in total. The minimum Gasteiger partial charge on any atom is -0.384 e. The van der Waals surface area contributed by atoms with Gasteiger partial charge >= 0.3 is 0 Å². The number of benzene rings is 1. The first kappa shape index (κ1) is 21.7. The van der Waals surface area contributed by atoms with Crippen LogP contribution in [0.1, 0.15) is 24.1 Å². The van der Waals surface area contributed by atoms with Gasteiger partial charge < -0.3 is 20.7 Å². The van der Waals surface area contributed by atoms with Gasteiger partial charge in [-0.1, -0.05) is 24.3 Å². The monoisotopic (exact) mass is 429 g/mol. The Hall–Kier alpha value is -3.54. The minimum atomic E-state index is 0.278. The maximum Gasteiger partial charge on any atom is 0.158 e. The normalized spacial score (nSPS) is 14.0. The van der Waals surface area contributed by atoms with Gasteiger partial charge in [0.25, 0.3) is 0 Å². The summed E-state index contributed by atoms with van der Waals surface area (Å²) in [4.78, 5) is 12.9. The first-order valence-electron chi connectivity index (χ1n) is 10.8. The number of ether oxygens (including phenoxy) is 1. The van der Waals surface area contributed by atoms with Gasteiger partial charge in [-0.25, -0.2) is 15.0 Å². The van der Waals surface area contributed by atoms with Crippen LogP contribution in [0.5, 0.6) is 0 Å². The van der Waals surface area contributed by atoms with Gasteiger partial charge in [0.05, 0.1) is 19.0 Å². The number of anilines is 3. The number of aromatic nitrogens is 3. The lowest BCUT2D eigenvalue weighted by molar-refractivity contribution is 0.185. The van der Waals surface area contributed by atoms with E-state index in [1.807, 2.05) is 18.3 Å². The molecule has 0 spiro atoms. The zero-order valence-corrected chi connectivity index (χ0v) is 18.1. The van der Waals surface area contributed by atoms with Crippen LogP contribution in [0.4, 0.5) is 17.3 Å². The second kappa shape index (κ2) is 10.7. The molecule has 4 rings (SSSR count). The number of piperidine rings is 1. The molecule has 32 heavy (non-hydrogen) atoms. The van der Waals surface area contributed by atoms with E-state index >= 15 is 0 Å². The van der Waals surface area contributed by atoms with Crippen molar-refractivity contribution in [1.29, 1.82) is 5.26 Å². The summed E-state index contributed by atoms with van der Waals surface area (Å²) in [6.07, 6.45) is 7.19. The molecule has 1 aliphatic rings. The maximum atomic E-state index is 8.90. The van der Waals surface area contributed by atoms with Gasteiger partial charge in [-0.15, -0.1) is 0 Å². The quantitative estimate of drug-likeness (QED) is 0.497. The Kier molecular flexibility index (Phi) is 7.23. The summed E-state index contributed by atoms with van der Waals surface area (Å²) < 4.78 is 5.22. The van der Waals surface area contributed by atoms with Crippen molar-refractivity contribution in [3.63, 3.8) is 0 Å². The SMILES string of the molecule is COCc1ccc(-c2cnc(Nc3cnc(C#N)cn3)cc2NCC2CCNCC2)cc1. The lowest BCUT2D eigenvalue weighted by Crippen LogP contribution is -2.31. The molecule has 0 saturated carbocycles. The highest BCUT2D eigenvalue weighted by Gasteiger charge is 2.15. The Morgan fingerprint density at radius 2 is 1.84 bits per heavy atom. The molecular formula is C24H27N7O. The van der Waals surface area contributed by atoms with Gasteiger partial charge in [-0.05, 0) is 43.0 Å². The predicted octanol–water partition coefficient (Wildman–Crippen LogP) is 3.71. The molecule has 0 unspecified atom stereocenters. The molecule has 0 radical (unpaired) electrons.